The van der Waals surface area contributed by atoms with Gasteiger partial charge in [-0.1, -0.05) is 6.07 Å². The molecular formula is C20H31N3O4S. The van der Waals surface area contributed by atoms with E-state index in [1.807, 2.05) is 25.2 Å². The van der Waals surface area contributed by atoms with Gasteiger partial charge in [0.2, 0.25) is 15.9 Å². The van der Waals surface area contributed by atoms with Crippen molar-refractivity contribution in [1.29, 1.82) is 0 Å². The zero-order valence-corrected chi connectivity index (χ0v) is 17.7. The van der Waals surface area contributed by atoms with Crippen LogP contribution in [0.2, 0.25) is 0 Å². The van der Waals surface area contributed by atoms with E-state index in [1.165, 1.54) is 10.6 Å². The van der Waals surface area contributed by atoms with E-state index in [0.717, 1.165) is 25.0 Å². The summed E-state index contributed by atoms with van der Waals surface area (Å²) in [7, 11) is -1.29. The number of carbonyl (C=O) groups is 1. The molecule has 3 heterocycles. The van der Waals surface area contributed by atoms with Crippen molar-refractivity contribution in [3.8, 4) is 0 Å². The minimum Gasteiger partial charge on any atom is -0.375 e. The molecule has 1 atom stereocenters. The van der Waals surface area contributed by atoms with Crippen LogP contribution in [0.15, 0.2) is 24.4 Å². The van der Waals surface area contributed by atoms with Crippen molar-refractivity contribution in [2.75, 3.05) is 39.5 Å². The Bertz CT molecular complexity index is 761. The zero-order valence-electron chi connectivity index (χ0n) is 16.8. The number of carbonyl (C=O) groups excluding carboxylic acids is 1. The van der Waals surface area contributed by atoms with Gasteiger partial charge in [-0.25, -0.2) is 12.7 Å². The minimum absolute atomic E-state index is 0.159. The Hall–Kier alpha value is -1.51. The van der Waals surface area contributed by atoms with Crippen molar-refractivity contribution in [3.63, 3.8) is 0 Å². The summed E-state index contributed by atoms with van der Waals surface area (Å²) in [6.45, 7) is 2.31. The van der Waals surface area contributed by atoms with Crippen LogP contribution in [0.5, 0.6) is 0 Å². The molecule has 1 amide bonds. The molecule has 0 bridgehead atoms. The van der Waals surface area contributed by atoms with E-state index in [9.17, 15) is 13.2 Å². The molecule has 3 rings (SSSR count). The standard InChI is InChI=1S/C20H31N3O4S/c1-22(11-6-18-5-3-4-10-21-18)19(24)15-17-7-14-27-20(16-17)8-12-23(13-9-20)28(2,25)26/h3-5,10,17H,6-9,11-16H2,1-2H3. The van der Waals surface area contributed by atoms with Crippen molar-refractivity contribution in [2.45, 2.75) is 44.1 Å². The third kappa shape index (κ3) is 5.52. The molecule has 0 radical (unpaired) electrons. The number of sulfonamides is 1. The van der Waals surface area contributed by atoms with E-state index in [1.54, 1.807) is 11.1 Å². The van der Waals surface area contributed by atoms with Gasteiger partial charge >= 0.3 is 0 Å². The van der Waals surface area contributed by atoms with Gasteiger partial charge in [-0.15, -0.1) is 0 Å². The fourth-order valence-electron chi connectivity index (χ4n) is 4.23. The minimum atomic E-state index is -3.14. The molecule has 0 aliphatic carbocycles. The molecule has 7 nitrogen and oxygen atoms in total. The molecule has 2 saturated heterocycles. The molecule has 0 saturated carbocycles. The molecule has 1 unspecified atom stereocenters. The van der Waals surface area contributed by atoms with Crippen LogP contribution in [0, 0.1) is 5.92 Å². The third-order valence-corrected chi connectivity index (χ3v) is 7.32. The number of rotatable bonds is 6. The number of ether oxygens (including phenoxy) is 1. The number of hydrogen-bond acceptors (Lipinski definition) is 5. The number of aromatic nitrogens is 1. The fraction of sp³-hybridized carbons (Fsp3) is 0.700. The first-order valence-corrected chi connectivity index (χ1v) is 11.9. The molecule has 1 aromatic heterocycles. The Morgan fingerprint density at radius 1 is 1.36 bits per heavy atom. The number of amides is 1. The first-order valence-electron chi connectivity index (χ1n) is 10.0. The van der Waals surface area contributed by atoms with Gasteiger partial charge in [0.05, 0.1) is 11.9 Å². The lowest BCUT2D eigenvalue weighted by molar-refractivity contribution is -0.139. The summed E-state index contributed by atoms with van der Waals surface area (Å²) >= 11 is 0. The highest BCUT2D eigenvalue weighted by Crippen LogP contribution is 2.39. The number of pyridine rings is 1. The summed E-state index contributed by atoms with van der Waals surface area (Å²) in [5.41, 5.74) is 0.724. The number of likely N-dealkylation sites (N-methyl/N-ethyl adjacent to an activating group) is 1. The van der Waals surface area contributed by atoms with E-state index in [2.05, 4.69) is 4.98 Å². The Kier molecular flexibility index (Phi) is 6.73. The zero-order chi connectivity index (χ0) is 20.2. The van der Waals surface area contributed by atoms with Crippen LogP contribution in [-0.2, 0) is 26.0 Å². The van der Waals surface area contributed by atoms with Gasteiger partial charge in [0.15, 0.2) is 0 Å². The SMILES string of the molecule is CN(CCc1ccccn1)C(=O)CC1CCOC2(CCN(S(C)(=O)=O)CC2)C1. The molecule has 1 spiro atoms. The van der Waals surface area contributed by atoms with Gasteiger partial charge in [0.25, 0.3) is 0 Å². The molecular weight excluding hydrogens is 378 g/mol. The lowest BCUT2D eigenvalue weighted by atomic mass is 9.78. The van der Waals surface area contributed by atoms with Crippen LogP contribution in [0.1, 0.15) is 37.8 Å². The molecule has 2 aliphatic heterocycles. The smallest absolute Gasteiger partial charge is 0.222 e. The van der Waals surface area contributed by atoms with E-state index in [4.69, 9.17) is 4.74 Å². The fourth-order valence-corrected chi connectivity index (χ4v) is 5.08. The maximum Gasteiger partial charge on any atom is 0.222 e. The summed E-state index contributed by atoms with van der Waals surface area (Å²) in [4.78, 5) is 18.8. The second-order valence-electron chi connectivity index (χ2n) is 8.14. The maximum absolute atomic E-state index is 12.7. The van der Waals surface area contributed by atoms with Gasteiger partial charge in [0, 0.05) is 58.0 Å². The summed E-state index contributed by atoms with van der Waals surface area (Å²) in [5, 5.41) is 0. The van der Waals surface area contributed by atoms with Crippen LogP contribution < -0.4 is 0 Å². The van der Waals surface area contributed by atoms with Gasteiger partial charge in [-0.3, -0.25) is 9.78 Å². The predicted octanol–water partition coefficient (Wildman–Crippen LogP) is 1.69. The first kappa shape index (κ1) is 21.2. The Balaban J connectivity index is 1.48. The van der Waals surface area contributed by atoms with Crippen LogP contribution in [-0.4, -0.2) is 73.7 Å². The summed E-state index contributed by atoms with van der Waals surface area (Å²) in [5.74, 6) is 0.454. The lowest BCUT2D eigenvalue weighted by Crippen LogP contribution is -2.50. The normalized spacial score (nSPS) is 22.9. The van der Waals surface area contributed by atoms with Gasteiger partial charge < -0.3 is 9.64 Å². The second-order valence-corrected chi connectivity index (χ2v) is 10.1. The molecule has 2 fully saturated rings. The number of piperidine rings is 1. The van der Waals surface area contributed by atoms with Crippen molar-refractivity contribution < 1.29 is 17.9 Å². The van der Waals surface area contributed by atoms with E-state index in [-0.39, 0.29) is 11.5 Å². The van der Waals surface area contributed by atoms with Crippen molar-refractivity contribution in [1.82, 2.24) is 14.2 Å². The van der Waals surface area contributed by atoms with Crippen LogP contribution in [0.3, 0.4) is 0 Å². The average molecular weight is 410 g/mol. The van der Waals surface area contributed by atoms with Gasteiger partial charge in [-0.05, 0) is 43.7 Å². The largest absolute Gasteiger partial charge is 0.375 e. The molecule has 156 valence electrons. The quantitative estimate of drug-likeness (QED) is 0.714. The summed E-state index contributed by atoms with van der Waals surface area (Å²) < 4.78 is 31.1. The molecule has 28 heavy (non-hydrogen) atoms. The van der Waals surface area contributed by atoms with Crippen LogP contribution in [0.4, 0.5) is 0 Å². The van der Waals surface area contributed by atoms with E-state index >= 15 is 0 Å². The Morgan fingerprint density at radius 2 is 2.11 bits per heavy atom. The molecule has 1 aromatic rings. The Morgan fingerprint density at radius 3 is 2.75 bits per heavy atom. The van der Waals surface area contributed by atoms with Crippen LogP contribution >= 0.6 is 0 Å². The van der Waals surface area contributed by atoms with E-state index < -0.39 is 10.0 Å². The maximum atomic E-state index is 12.7. The molecule has 8 heteroatoms. The molecule has 2 aliphatic rings. The monoisotopic (exact) mass is 409 g/mol. The first-order chi connectivity index (χ1) is 13.3. The molecule has 0 aromatic carbocycles. The highest BCUT2D eigenvalue weighted by atomic mass is 32.2. The average Bonchev–Trinajstić information content (AvgIpc) is 2.66. The van der Waals surface area contributed by atoms with Crippen LogP contribution in [0.25, 0.3) is 0 Å². The third-order valence-electron chi connectivity index (χ3n) is 6.02. The Labute approximate surface area is 168 Å². The predicted molar refractivity (Wildman–Crippen MR) is 107 cm³/mol. The second kappa shape index (κ2) is 8.88. The highest BCUT2D eigenvalue weighted by Gasteiger charge is 2.42. The van der Waals surface area contributed by atoms with Crippen molar-refractivity contribution in [2.24, 2.45) is 5.92 Å². The number of hydrogen-bond donors (Lipinski definition) is 0. The van der Waals surface area contributed by atoms with Crippen molar-refractivity contribution >= 4 is 15.9 Å². The summed E-state index contributed by atoms with van der Waals surface area (Å²) in [6.07, 6.45) is 7.45. The van der Waals surface area contributed by atoms with Gasteiger partial charge in [-0.2, -0.15) is 0 Å². The topological polar surface area (TPSA) is 79.8 Å². The highest BCUT2D eigenvalue weighted by molar-refractivity contribution is 7.88. The number of nitrogens with zero attached hydrogens (tertiary/aromatic N) is 3. The summed E-state index contributed by atoms with van der Waals surface area (Å²) in [6, 6.07) is 5.82. The van der Waals surface area contributed by atoms with Gasteiger partial charge in [0.1, 0.15) is 0 Å². The molecule has 0 N–H and O–H groups in total. The van der Waals surface area contributed by atoms with Crippen molar-refractivity contribution in [3.05, 3.63) is 30.1 Å². The lowest BCUT2D eigenvalue weighted by Gasteiger charge is -2.45. The van der Waals surface area contributed by atoms with E-state index in [0.29, 0.717) is 51.4 Å².